The summed E-state index contributed by atoms with van der Waals surface area (Å²) in [5, 5.41) is 3.94. The molecule has 1 aromatic heterocycles. The molecular formula is C23H31FN4O4. The Balaban J connectivity index is 1.58. The fraction of sp³-hybridized carbons (Fsp3) is 0.565. The number of aromatic nitrogens is 2. The van der Waals surface area contributed by atoms with Crippen LogP contribution in [0.25, 0.3) is 11.4 Å². The highest BCUT2D eigenvalue weighted by Crippen LogP contribution is 2.22. The molecule has 2 amide bonds. The van der Waals surface area contributed by atoms with Crippen LogP contribution in [0.15, 0.2) is 22.7 Å². The first-order chi connectivity index (χ1) is 14.9. The van der Waals surface area contributed by atoms with Crippen LogP contribution in [0.3, 0.4) is 0 Å². The van der Waals surface area contributed by atoms with Gasteiger partial charge in [0.1, 0.15) is 11.4 Å². The fourth-order valence-corrected chi connectivity index (χ4v) is 3.89. The molecule has 2 atom stereocenters. The third-order valence-corrected chi connectivity index (χ3v) is 5.30. The van der Waals surface area contributed by atoms with Gasteiger partial charge in [0.05, 0.1) is 0 Å². The van der Waals surface area contributed by atoms with Crippen LogP contribution in [-0.2, 0) is 16.0 Å². The first-order valence-corrected chi connectivity index (χ1v) is 10.8. The van der Waals surface area contributed by atoms with Gasteiger partial charge in [-0.05, 0) is 65.3 Å². The zero-order chi connectivity index (χ0) is 23.6. The van der Waals surface area contributed by atoms with E-state index < -0.39 is 5.60 Å². The van der Waals surface area contributed by atoms with Crippen molar-refractivity contribution >= 4 is 12.0 Å². The van der Waals surface area contributed by atoms with Crippen molar-refractivity contribution in [2.45, 2.75) is 72.1 Å². The summed E-state index contributed by atoms with van der Waals surface area (Å²) >= 11 is 0. The van der Waals surface area contributed by atoms with Crippen LogP contribution in [0.2, 0.25) is 0 Å². The Labute approximate surface area is 187 Å². The number of amides is 2. The summed E-state index contributed by atoms with van der Waals surface area (Å²) in [6, 6.07) is 4.33. The molecule has 0 saturated carbocycles. The highest BCUT2D eigenvalue weighted by Gasteiger charge is 2.36. The second-order valence-electron chi connectivity index (χ2n) is 9.36. The van der Waals surface area contributed by atoms with Gasteiger partial charge in [-0.25, -0.2) is 9.18 Å². The van der Waals surface area contributed by atoms with Gasteiger partial charge in [-0.3, -0.25) is 4.79 Å². The molecule has 1 aliphatic rings. The van der Waals surface area contributed by atoms with Crippen LogP contribution in [0.4, 0.5) is 9.18 Å². The number of carbonyl (C=O) groups excluding carboxylic acids is 2. The third kappa shape index (κ3) is 5.63. The molecule has 3 rings (SSSR count). The molecule has 2 unspecified atom stereocenters. The maximum absolute atomic E-state index is 13.5. The van der Waals surface area contributed by atoms with Crippen LogP contribution < -0.4 is 0 Å². The van der Waals surface area contributed by atoms with Crippen molar-refractivity contribution in [3.63, 3.8) is 0 Å². The number of benzene rings is 1. The van der Waals surface area contributed by atoms with Gasteiger partial charge in [0.2, 0.25) is 17.6 Å². The summed E-state index contributed by atoms with van der Waals surface area (Å²) < 4.78 is 24.2. The zero-order valence-electron chi connectivity index (χ0n) is 19.5. The molecule has 2 heterocycles. The molecule has 0 bridgehead atoms. The second kappa shape index (κ2) is 9.26. The molecule has 1 saturated heterocycles. The molecule has 8 nitrogen and oxygen atoms in total. The molecule has 9 heteroatoms. The number of aryl methyl sites for hydroxylation is 2. The van der Waals surface area contributed by atoms with Crippen molar-refractivity contribution in [2.75, 3.05) is 13.1 Å². The van der Waals surface area contributed by atoms with Crippen molar-refractivity contribution in [3.05, 3.63) is 35.5 Å². The van der Waals surface area contributed by atoms with Crippen LogP contribution in [0, 0.1) is 12.7 Å². The number of rotatable bonds is 4. The van der Waals surface area contributed by atoms with E-state index in [0.29, 0.717) is 42.4 Å². The lowest BCUT2D eigenvalue weighted by atomic mass is 10.1. The predicted octanol–water partition coefficient (Wildman–Crippen LogP) is 3.97. The maximum Gasteiger partial charge on any atom is 0.410 e. The van der Waals surface area contributed by atoms with Gasteiger partial charge < -0.3 is 19.1 Å². The maximum atomic E-state index is 13.5. The van der Waals surface area contributed by atoms with E-state index >= 15 is 0 Å². The van der Waals surface area contributed by atoms with Gasteiger partial charge >= 0.3 is 6.09 Å². The summed E-state index contributed by atoms with van der Waals surface area (Å²) in [6.45, 7) is 11.8. The Kier molecular flexibility index (Phi) is 6.85. The number of ether oxygens (including phenoxy) is 1. The third-order valence-electron chi connectivity index (χ3n) is 5.30. The molecule has 1 aromatic carbocycles. The Morgan fingerprint density at radius 2 is 1.88 bits per heavy atom. The van der Waals surface area contributed by atoms with Crippen molar-refractivity contribution in [1.29, 1.82) is 0 Å². The molecule has 1 fully saturated rings. The van der Waals surface area contributed by atoms with Gasteiger partial charge in [0, 0.05) is 43.6 Å². The van der Waals surface area contributed by atoms with E-state index in [1.807, 2.05) is 39.5 Å². The molecule has 1 aliphatic heterocycles. The quantitative estimate of drug-likeness (QED) is 0.706. The summed E-state index contributed by atoms with van der Waals surface area (Å²) in [5.74, 6) is 0.385. The van der Waals surface area contributed by atoms with E-state index in [2.05, 4.69) is 10.1 Å². The number of hydrogen-bond donors (Lipinski definition) is 0. The van der Waals surface area contributed by atoms with E-state index in [1.165, 1.54) is 6.07 Å². The molecule has 0 N–H and O–H groups in total. The van der Waals surface area contributed by atoms with Gasteiger partial charge in [-0.2, -0.15) is 4.98 Å². The van der Waals surface area contributed by atoms with E-state index in [4.69, 9.17) is 9.26 Å². The van der Waals surface area contributed by atoms with E-state index in [0.717, 1.165) is 0 Å². The average Bonchev–Trinajstić information content (AvgIpc) is 3.15. The lowest BCUT2D eigenvalue weighted by Gasteiger charge is -2.44. The Morgan fingerprint density at radius 1 is 1.22 bits per heavy atom. The largest absolute Gasteiger partial charge is 0.444 e. The molecular weight excluding hydrogens is 415 g/mol. The van der Waals surface area contributed by atoms with Crippen LogP contribution in [-0.4, -0.2) is 62.7 Å². The van der Waals surface area contributed by atoms with Crippen LogP contribution in [0.5, 0.6) is 0 Å². The van der Waals surface area contributed by atoms with Gasteiger partial charge in [0.15, 0.2) is 0 Å². The van der Waals surface area contributed by atoms with E-state index in [-0.39, 0.29) is 36.3 Å². The van der Waals surface area contributed by atoms with Crippen LogP contribution >= 0.6 is 0 Å². The number of nitrogens with zero attached hydrogens (tertiary/aromatic N) is 4. The van der Waals surface area contributed by atoms with Gasteiger partial charge in [0.25, 0.3) is 0 Å². The highest BCUT2D eigenvalue weighted by atomic mass is 19.1. The average molecular weight is 447 g/mol. The Morgan fingerprint density at radius 3 is 2.47 bits per heavy atom. The number of carbonyl (C=O) groups is 2. The first kappa shape index (κ1) is 23.7. The molecule has 32 heavy (non-hydrogen) atoms. The summed E-state index contributed by atoms with van der Waals surface area (Å²) in [7, 11) is 0. The van der Waals surface area contributed by atoms with Crippen molar-refractivity contribution in [2.24, 2.45) is 0 Å². The minimum absolute atomic E-state index is 0.0359. The second-order valence-corrected chi connectivity index (χ2v) is 9.36. The Hall–Kier alpha value is -2.97. The molecule has 2 aromatic rings. The lowest BCUT2D eigenvalue weighted by molar-refractivity contribution is -0.139. The van der Waals surface area contributed by atoms with Gasteiger partial charge in [-0.1, -0.05) is 5.16 Å². The summed E-state index contributed by atoms with van der Waals surface area (Å²) in [6.07, 6.45) is 0.154. The van der Waals surface area contributed by atoms with Crippen LogP contribution in [0.1, 0.15) is 52.5 Å². The predicted molar refractivity (Wildman–Crippen MR) is 116 cm³/mol. The minimum atomic E-state index is -0.563. The summed E-state index contributed by atoms with van der Waals surface area (Å²) in [4.78, 5) is 33.1. The molecule has 0 radical (unpaired) electrons. The SMILES string of the molecule is Cc1cc(-c2noc(CCC(=O)N3C(C)CN(C(=O)OC(C)(C)C)CC3C)n2)ccc1F. The Bertz CT molecular complexity index is 973. The smallest absolute Gasteiger partial charge is 0.410 e. The normalized spacial score (nSPS) is 19.2. The zero-order valence-corrected chi connectivity index (χ0v) is 19.5. The first-order valence-electron chi connectivity index (χ1n) is 10.8. The minimum Gasteiger partial charge on any atom is -0.444 e. The van der Waals surface area contributed by atoms with E-state index in [9.17, 15) is 14.0 Å². The van der Waals surface area contributed by atoms with Gasteiger partial charge in [-0.15, -0.1) is 0 Å². The van der Waals surface area contributed by atoms with E-state index in [1.54, 1.807) is 24.0 Å². The van der Waals surface area contributed by atoms with Crippen molar-refractivity contribution in [3.8, 4) is 11.4 Å². The highest BCUT2D eigenvalue weighted by molar-refractivity contribution is 5.78. The summed E-state index contributed by atoms with van der Waals surface area (Å²) in [5.41, 5.74) is 0.592. The topological polar surface area (TPSA) is 88.8 Å². The lowest BCUT2D eigenvalue weighted by Crippen LogP contribution is -2.60. The number of piperazine rings is 1. The standard InChI is InChI=1S/C23H31FN4O4/c1-14-11-17(7-8-18(14)24)21-25-19(32-26-21)9-10-20(29)28-15(2)12-27(13-16(28)3)22(30)31-23(4,5)6/h7-8,11,15-16H,9-10,12-13H2,1-6H3. The number of halogens is 1. The molecule has 174 valence electrons. The molecule has 0 spiro atoms. The molecule has 0 aliphatic carbocycles. The number of hydrogen-bond acceptors (Lipinski definition) is 6. The van der Waals surface area contributed by atoms with Crippen molar-refractivity contribution in [1.82, 2.24) is 19.9 Å². The monoisotopic (exact) mass is 446 g/mol. The van der Waals surface area contributed by atoms with Crippen molar-refractivity contribution < 1.29 is 23.2 Å². The fourth-order valence-electron chi connectivity index (χ4n) is 3.89.